The smallest absolute Gasteiger partial charge is 0.265 e. The van der Waals surface area contributed by atoms with E-state index in [1.165, 1.54) is 16.9 Å². The summed E-state index contributed by atoms with van der Waals surface area (Å²) < 4.78 is 0. The average molecular weight is 273 g/mol. The van der Waals surface area contributed by atoms with Crippen molar-refractivity contribution in [2.24, 2.45) is 0 Å². The van der Waals surface area contributed by atoms with Gasteiger partial charge in [-0.1, -0.05) is 32.9 Å². The molecule has 100 valence electrons. The zero-order valence-electron chi connectivity index (χ0n) is 11.8. The molecule has 2 rings (SSSR count). The van der Waals surface area contributed by atoms with E-state index in [0.29, 0.717) is 0 Å². The molecule has 19 heavy (non-hydrogen) atoms. The van der Waals surface area contributed by atoms with E-state index < -0.39 is 0 Å². The zero-order chi connectivity index (χ0) is 14.0. The lowest BCUT2D eigenvalue weighted by molar-refractivity contribution is 0.103. The Labute approximate surface area is 118 Å². The monoisotopic (exact) mass is 273 g/mol. The maximum Gasteiger partial charge on any atom is 0.265 e. The van der Waals surface area contributed by atoms with Crippen LogP contribution in [0.25, 0.3) is 0 Å². The van der Waals surface area contributed by atoms with E-state index in [4.69, 9.17) is 0 Å². The van der Waals surface area contributed by atoms with Crippen LogP contribution in [0.4, 0.5) is 5.69 Å². The predicted molar refractivity (Wildman–Crippen MR) is 82.2 cm³/mol. The molecule has 1 heterocycles. The van der Waals surface area contributed by atoms with Crippen LogP contribution in [0.3, 0.4) is 0 Å². The number of carbonyl (C=O) groups excluding carboxylic acids is 1. The van der Waals surface area contributed by atoms with E-state index >= 15 is 0 Å². The number of hydrogen-bond acceptors (Lipinski definition) is 2. The van der Waals surface area contributed by atoms with Crippen molar-refractivity contribution in [3.63, 3.8) is 0 Å². The summed E-state index contributed by atoms with van der Waals surface area (Å²) >= 11 is 1.51. The number of hydrogen-bond donors (Lipinski definition) is 1. The lowest BCUT2D eigenvalue weighted by Gasteiger charge is -2.19. The molecule has 0 aliphatic heterocycles. The first-order chi connectivity index (χ1) is 8.86. The van der Waals surface area contributed by atoms with Crippen LogP contribution in [0.15, 0.2) is 36.4 Å². The molecule has 0 atom stereocenters. The Balaban J connectivity index is 2.10. The molecule has 0 aliphatic rings. The van der Waals surface area contributed by atoms with Gasteiger partial charge < -0.3 is 5.32 Å². The molecular formula is C16H19NOS. The minimum Gasteiger partial charge on any atom is -0.321 e. The van der Waals surface area contributed by atoms with Crippen LogP contribution in [0.1, 0.15) is 40.9 Å². The fraction of sp³-hybridized carbons (Fsp3) is 0.312. The Morgan fingerprint density at radius 3 is 2.16 bits per heavy atom. The molecule has 0 aliphatic carbocycles. The lowest BCUT2D eigenvalue weighted by atomic mass is 9.87. The number of nitrogens with one attached hydrogen (secondary N) is 1. The Bertz CT molecular complexity index is 576. The van der Waals surface area contributed by atoms with Crippen molar-refractivity contribution in [2.45, 2.75) is 33.1 Å². The van der Waals surface area contributed by atoms with Crippen LogP contribution in [0.5, 0.6) is 0 Å². The van der Waals surface area contributed by atoms with Crippen LogP contribution in [0.2, 0.25) is 0 Å². The van der Waals surface area contributed by atoms with Gasteiger partial charge >= 0.3 is 0 Å². The highest BCUT2D eigenvalue weighted by molar-refractivity contribution is 7.14. The number of thiophene rings is 1. The molecule has 0 saturated carbocycles. The minimum absolute atomic E-state index is 0.0402. The minimum atomic E-state index is -0.0402. The van der Waals surface area contributed by atoms with Crippen molar-refractivity contribution in [1.82, 2.24) is 0 Å². The summed E-state index contributed by atoms with van der Waals surface area (Å²) in [6.45, 7) is 8.53. The molecule has 2 nitrogen and oxygen atoms in total. The summed E-state index contributed by atoms with van der Waals surface area (Å²) in [7, 11) is 0. The number of aryl methyl sites for hydroxylation is 1. The third kappa shape index (κ3) is 3.44. The molecule has 0 radical (unpaired) electrons. The first-order valence-corrected chi connectivity index (χ1v) is 7.16. The number of benzene rings is 1. The van der Waals surface area contributed by atoms with E-state index in [2.05, 4.69) is 38.2 Å². The van der Waals surface area contributed by atoms with Gasteiger partial charge in [0.25, 0.3) is 5.91 Å². The second-order valence-electron chi connectivity index (χ2n) is 5.69. The maximum absolute atomic E-state index is 12.0. The summed E-state index contributed by atoms with van der Waals surface area (Å²) in [5, 5.41) is 2.92. The quantitative estimate of drug-likeness (QED) is 0.850. The molecule has 0 saturated heterocycles. The second-order valence-corrected chi connectivity index (χ2v) is 6.98. The number of amides is 1. The second kappa shape index (κ2) is 5.17. The highest BCUT2D eigenvalue weighted by Crippen LogP contribution is 2.24. The van der Waals surface area contributed by atoms with Crippen LogP contribution < -0.4 is 5.32 Å². The van der Waals surface area contributed by atoms with E-state index in [1.54, 1.807) is 0 Å². The molecule has 2 aromatic rings. The van der Waals surface area contributed by atoms with Crippen molar-refractivity contribution in [2.75, 3.05) is 5.32 Å². The van der Waals surface area contributed by atoms with E-state index in [-0.39, 0.29) is 11.3 Å². The van der Waals surface area contributed by atoms with E-state index in [0.717, 1.165) is 15.4 Å². The van der Waals surface area contributed by atoms with Gasteiger partial charge in [0.05, 0.1) is 4.88 Å². The number of rotatable bonds is 2. The predicted octanol–water partition coefficient (Wildman–Crippen LogP) is 4.61. The number of carbonyl (C=O) groups is 1. The fourth-order valence-electron chi connectivity index (χ4n) is 1.80. The topological polar surface area (TPSA) is 29.1 Å². The van der Waals surface area contributed by atoms with Gasteiger partial charge in [0, 0.05) is 10.6 Å². The van der Waals surface area contributed by atoms with Crippen LogP contribution in [-0.4, -0.2) is 5.91 Å². The standard InChI is InChI=1S/C16H19NOS/c1-11-5-10-14(19-11)15(18)17-13-8-6-12(7-9-13)16(2,3)4/h5-10H,1-4H3,(H,17,18). The molecule has 0 unspecified atom stereocenters. The van der Waals surface area contributed by atoms with Crippen molar-refractivity contribution in [1.29, 1.82) is 0 Å². The molecule has 1 aromatic carbocycles. The summed E-state index contributed by atoms with van der Waals surface area (Å²) in [6.07, 6.45) is 0. The molecule has 1 aromatic heterocycles. The van der Waals surface area contributed by atoms with Gasteiger partial charge in [0.2, 0.25) is 0 Å². The Morgan fingerprint density at radius 1 is 1.05 bits per heavy atom. The SMILES string of the molecule is Cc1ccc(C(=O)Nc2ccc(C(C)(C)C)cc2)s1. The molecule has 0 bridgehead atoms. The summed E-state index contributed by atoms with van der Waals surface area (Å²) in [6, 6.07) is 11.9. The summed E-state index contributed by atoms with van der Waals surface area (Å²) in [4.78, 5) is 13.9. The maximum atomic E-state index is 12.0. The lowest BCUT2D eigenvalue weighted by Crippen LogP contribution is -2.12. The Kier molecular flexibility index (Phi) is 3.76. The third-order valence-corrected chi connectivity index (χ3v) is 3.97. The Hall–Kier alpha value is -1.61. The zero-order valence-corrected chi connectivity index (χ0v) is 12.6. The Morgan fingerprint density at radius 2 is 1.68 bits per heavy atom. The van der Waals surface area contributed by atoms with Gasteiger partial charge in [-0.15, -0.1) is 11.3 Å². The van der Waals surface area contributed by atoms with Crippen LogP contribution in [0, 0.1) is 6.92 Å². The highest BCUT2D eigenvalue weighted by Gasteiger charge is 2.13. The largest absolute Gasteiger partial charge is 0.321 e. The van der Waals surface area contributed by atoms with Gasteiger partial charge in [-0.3, -0.25) is 4.79 Å². The van der Waals surface area contributed by atoms with E-state index in [9.17, 15) is 4.79 Å². The number of anilines is 1. The molecule has 0 fully saturated rings. The van der Waals surface area contributed by atoms with Gasteiger partial charge in [0.15, 0.2) is 0 Å². The van der Waals surface area contributed by atoms with Crippen molar-refractivity contribution in [3.05, 3.63) is 51.7 Å². The molecule has 3 heteroatoms. The third-order valence-electron chi connectivity index (χ3n) is 2.97. The summed E-state index contributed by atoms with van der Waals surface area (Å²) in [5.74, 6) is -0.0402. The van der Waals surface area contributed by atoms with Gasteiger partial charge in [-0.05, 0) is 42.2 Å². The van der Waals surface area contributed by atoms with E-state index in [1.807, 2.05) is 31.2 Å². The first-order valence-electron chi connectivity index (χ1n) is 6.34. The van der Waals surface area contributed by atoms with Crippen molar-refractivity contribution in [3.8, 4) is 0 Å². The average Bonchev–Trinajstić information content (AvgIpc) is 2.75. The first kappa shape index (κ1) is 13.8. The van der Waals surface area contributed by atoms with Crippen molar-refractivity contribution < 1.29 is 4.79 Å². The highest BCUT2D eigenvalue weighted by atomic mass is 32.1. The normalized spacial score (nSPS) is 11.4. The van der Waals surface area contributed by atoms with Gasteiger partial charge in [0.1, 0.15) is 0 Å². The van der Waals surface area contributed by atoms with Crippen LogP contribution in [-0.2, 0) is 5.41 Å². The fourth-order valence-corrected chi connectivity index (χ4v) is 2.57. The van der Waals surface area contributed by atoms with Gasteiger partial charge in [-0.25, -0.2) is 0 Å². The van der Waals surface area contributed by atoms with Crippen molar-refractivity contribution >= 4 is 22.9 Å². The summed E-state index contributed by atoms with van der Waals surface area (Å²) in [5.41, 5.74) is 2.23. The van der Waals surface area contributed by atoms with Crippen LogP contribution >= 0.6 is 11.3 Å². The molecule has 0 spiro atoms. The molecular weight excluding hydrogens is 254 g/mol. The van der Waals surface area contributed by atoms with Gasteiger partial charge in [-0.2, -0.15) is 0 Å². The molecule has 1 amide bonds. The molecule has 1 N–H and O–H groups in total.